The van der Waals surface area contributed by atoms with E-state index in [-0.39, 0.29) is 0 Å². The number of aromatic nitrogens is 5. The molecule has 8 nitrogen and oxygen atoms in total. The van der Waals surface area contributed by atoms with Crippen molar-refractivity contribution in [2.24, 2.45) is 0 Å². The highest BCUT2D eigenvalue weighted by molar-refractivity contribution is 7.11. The van der Waals surface area contributed by atoms with Gasteiger partial charge in [-0.3, -0.25) is 0 Å². The maximum absolute atomic E-state index is 6.26. The van der Waals surface area contributed by atoms with Crippen LogP contribution in [0.3, 0.4) is 0 Å². The molecule has 36 heavy (non-hydrogen) atoms. The Morgan fingerprint density at radius 2 is 1.81 bits per heavy atom. The standard InChI is InChI=1S/C27H26N6O2S/c1-17-29-14-23(36-17)15-34-21-7-4-8-22(13-21)35-20-11-9-19(10-12-20)33-26-25(30-16-31-27(26)28)24(32-33)18-5-2-3-6-18/h4,7-14,16,18H,2-3,5-6,15H2,1H3,(H2,28,30,31). The van der Waals surface area contributed by atoms with Gasteiger partial charge in [-0.25, -0.2) is 19.6 Å². The summed E-state index contributed by atoms with van der Waals surface area (Å²) in [4.78, 5) is 14.1. The van der Waals surface area contributed by atoms with Gasteiger partial charge >= 0.3 is 0 Å². The van der Waals surface area contributed by atoms with Gasteiger partial charge in [0, 0.05) is 18.2 Å². The molecule has 3 heterocycles. The molecule has 0 unspecified atom stereocenters. The SMILES string of the molecule is Cc1ncc(COc2cccc(Oc3ccc(-n4nc(C5CCCC5)c5ncnc(N)c54)cc3)c2)s1. The molecule has 0 saturated heterocycles. The van der Waals surface area contributed by atoms with Crippen LogP contribution < -0.4 is 15.2 Å². The van der Waals surface area contributed by atoms with Gasteiger partial charge in [-0.2, -0.15) is 5.10 Å². The topological polar surface area (TPSA) is 101 Å². The van der Waals surface area contributed by atoms with E-state index in [9.17, 15) is 0 Å². The van der Waals surface area contributed by atoms with Crippen LogP contribution in [0.25, 0.3) is 16.7 Å². The van der Waals surface area contributed by atoms with Gasteiger partial charge in [0.05, 0.1) is 21.3 Å². The van der Waals surface area contributed by atoms with Gasteiger partial charge in [-0.1, -0.05) is 18.9 Å². The van der Waals surface area contributed by atoms with E-state index in [1.807, 2.05) is 66.3 Å². The third-order valence-corrected chi connectivity index (χ3v) is 7.31. The lowest BCUT2D eigenvalue weighted by atomic mass is 10.0. The number of hydrogen-bond donors (Lipinski definition) is 1. The second-order valence-corrected chi connectivity index (χ2v) is 10.3. The summed E-state index contributed by atoms with van der Waals surface area (Å²) in [6, 6.07) is 15.4. The summed E-state index contributed by atoms with van der Waals surface area (Å²) < 4.78 is 13.9. The molecule has 1 saturated carbocycles. The fourth-order valence-corrected chi connectivity index (χ4v) is 5.41. The number of fused-ring (bicyclic) bond motifs is 1. The van der Waals surface area contributed by atoms with Gasteiger partial charge in [0.25, 0.3) is 0 Å². The average molecular weight is 499 g/mol. The lowest BCUT2D eigenvalue weighted by molar-refractivity contribution is 0.308. The van der Waals surface area contributed by atoms with Crippen molar-refractivity contribution in [1.29, 1.82) is 0 Å². The fraction of sp³-hybridized carbons (Fsp3) is 0.259. The number of ether oxygens (including phenoxy) is 2. The van der Waals surface area contributed by atoms with E-state index < -0.39 is 0 Å². The van der Waals surface area contributed by atoms with Crippen LogP contribution in [0, 0.1) is 6.92 Å². The molecule has 0 radical (unpaired) electrons. The zero-order valence-corrected chi connectivity index (χ0v) is 20.7. The number of nitrogen functional groups attached to an aromatic ring is 1. The summed E-state index contributed by atoms with van der Waals surface area (Å²) in [6.45, 7) is 2.47. The van der Waals surface area contributed by atoms with Crippen LogP contribution in [0.4, 0.5) is 5.82 Å². The van der Waals surface area contributed by atoms with Gasteiger partial charge in [0.2, 0.25) is 0 Å². The summed E-state index contributed by atoms with van der Waals surface area (Å²) in [6.07, 6.45) is 8.09. The first-order valence-corrected chi connectivity index (χ1v) is 12.9. The number of nitrogens with zero attached hydrogens (tertiary/aromatic N) is 5. The Labute approximate surface area is 212 Å². The molecule has 0 spiro atoms. The lowest BCUT2D eigenvalue weighted by Gasteiger charge is -2.10. The summed E-state index contributed by atoms with van der Waals surface area (Å²) in [5.74, 6) is 3.01. The van der Waals surface area contributed by atoms with E-state index in [4.69, 9.17) is 20.3 Å². The van der Waals surface area contributed by atoms with Crippen molar-refractivity contribution < 1.29 is 9.47 Å². The maximum Gasteiger partial charge on any atom is 0.153 e. The Hall–Kier alpha value is -3.98. The molecule has 9 heteroatoms. The molecule has 182 valence electrons. The average Bonchev–Trinajstić information content (AvgIpc) is 3.64. The van der Waals surface area contributed by atoms with Crippen LogP contribution in [-0.4, -0.2) is 24.7 Å². The molecule has 0 aliphatic heterocycles. The van der Waals surface area contributed by atoms with Crippen molar-refractivity contribution in [3.05, 3.63) is 76.6 Å². The minimum absolute atomic E-state index is 0.417. The summed E-state index contributed by atoms with van der Waals surface area (Å²) in [5, 5.41) is 5.98. The normalized spacial score (nSPS) is 13.9. The highest BCUT2D eigenvalue weighted by Gasteiger charge is 2.25. The molecular weight excluding hydrogens is 472 g/mol. The molecule has 1 aliphatic rings. The largest absolute Gasteiger partial charge is 0.488 e. The molecular formula is C27H26N6O2S. The predicted octanol–water partition coefficient (Wildman–Crippen LogP) is 6.19. The van der Waals surface area contributed by atoms with Crippen LogP contribution in [-0.2, 0) is 6.61 Å². The smallest absolute Gasteiger partial charge is 0.153 e. The predicted molar refractivity (Wildman–Crippen MR) is 140 cm³/mol. The Bertz CT molecular complexity index is 1500. The van der Waals surface area contributed by atoms with Crippen LogP contribution in [0.15, 0.2) is 61.1 Å². The highest BCUT2D eigenvalue weighted by atomic mass is 32.1. The minimum Gasteiger partial charge on any atom is -0.488 e. The Balaban J connectivity index is 1.22. The van der Waals surface area contributed by atoms with Crippen molar-refractivity contribution in [2.75, 3.05) is 5.73 Å². The molecule has 3 aromatic heterocycles. The van der Waals surface area contributed by atoms with E-state index in [1.165, 1.54) is 19.2 Å². The molecule has 0 amide bonds. The number of aryl methyl sites for hydroxylation is 1. The molecule has 1 aliphatic carbocycles. The van der Waals surface area contributed by atoms with Crippen LogP contribution in [0.1, 0.15) is 47.2 Å². The van der Waals surface area contributed by atoms with Crippen molar-refractivity contribution >= 4 is 28.2 Å². The first kappa shape index (κ1) is 22.5. The van der Waals surface area contributed by atoms with Gasteiger partial charge < -0.3 is 15.2 Å². The molecule has 5 aromatic rings. The first-order chi connectivity index (χ1) is 17.6. The highest BCUT2D eigenvalue weighted by Crippen LogP contribution is 2.38. The van der Waals surface area contributed by atoms with Crippen molar-refractivity contribution in [3.63, 3.8) is 0 Å². The second kappa shape index (κ2) is 9.58. The van der Waals surface area contributed by atoms with E-state index in [2.05, 4.69) is 15.0 Å². The summed E-state index contributed by atoms with van der Waals surface area (Å²) >= 11 is 1.63. The first-order valence-electron chi connectivity index (χ1n) is 12.1. The molecule has 6 rings (SSSR count). The van der Waals surface area contributed by atoms with E-state index in [0.717, 1.165) is 50.9 Å². The Morgan fingerprint density at radius 3 is 2.58 bits per heavy atom. The summed E-state index contributed by atoms with van der Waals surface area (Å²) in [7, 11) is 0. The van der Waals surface area contributed by atoms with Crippen molar-refractivity contribution in [1.82, 2.24) is 24.7 Å². The molecule has 2 N–H and O–H groups in total. The number of benzene rings is 2. The summed E-state index contributed by atoms with van der Waals surface area (Å²) in [5.41, 5.74) is 9.77. The molecule has 0 bridgehead atoms. The zero-order chi connectivity index (χ0) is 24.5. The van der Waals surface area contributed by atoms with Gasteiger partial charge in [-0.15, -0.1) is 11.3 Å². The molecule has 2 aromatic carbocycles. The molecule has 1 fully saturated rings. The number of hydrogen-bond acceptors (Lipinski definition) is 8. The maximum atomic E-state index is 6.26. The fourth-order valence-electron chi connectivity index (χ4n) is 4.70. The number of thiazole rings is 1. The van der Waals surface area contributed by atoms with Crippen molar-refractivity contribution in [3.8, 4) is 22.9 Å². The minimum atomic E-state index is 0.417. The number of nitrogens with two attached hydrogens (primary N) is 1. The Morgan fingerprint density at radius 1 is 1.00 bits per heavy atom. The third kappa shape index (κ3) is 4.49. The Kier molecular flexibility index (Phi) is 5.98. The van der Waals surface area contributed by atoms with E-state index in [0.29, 0.717) is 29.8 Å². The zero-order valence-electron chi connectivity index (χ0n) is 19.9. The number of rotatable bonds is 7. The van der Waals surface area contributed by atoms with E-state index >= 15 is 0 Å². The molecule has 0 atom stereocenters. The van der Waals surface area contributed by atoms with Gasteiger partial charge in [0.1, 0.15) is 41.2 Å². The lowest BCUT2D eigenvalue weighted by Crippen LogP contribution is -2.01. The van der Waals surface area contributed by atoms with Crippen LogP contribution in [0.2, 0.25) is 0 Å². The van der Waals surface area contributed by atoms with Gasteiger partial charge in [0.15, 0.2) is 5.82 Å². The van der Waals surface area contributed by atoms with Crippen molar-refractivity contribution in [2.45, 2.75) is 45.1 Å². The quantitative estimate of drug-likeness (QED) is 0.285. The number of anilines is 1. The van der Waals surface area contributed by atoms with Crippen LogP contribution >= 0.6 is 11.3 Å². The monoisotopic (exact) mass is 498 g/mol. The van der Waals surface area contributed by atoms with E-state index in [1.54, 1.807) is 11.3 Å². The van der Waals surface area contributed by atoms with Gasteiger partial charge in [-0.05, 0) is 56.2 Å². The van der Waals surface area contributed by atoms with Crippen LogP contribution in [0.5, 0.6) is 17.2 Å². The third-order valence-electron chi connectivity index (χ3n) is 6.43. The second-order valence-electron chi connectivity index (χ2n) is 8.94.